The van der Waals surface area contributed by atoms with Crippen LogP contribution in [0.5, 0.6) is 0 Å². The van der Waals surface area contributed by atoms with Crippen LogP contribution in [0.1, 0.15) is 73.4 Å². The van der Waals surface area contributed by atoms with Gasteiger partial charge in [-0.15, -0.1) is 0 Å². The van der Waals surface area contributed by atoms with Crippen LogP contribution in [0.2, 0.25) is 0 Å². The lowest BCUT2D eigenvalue weighted by molar-refractivity contribution is 0.111. The molecule has 0 aromatic carbocycles. The number of nitrogens with one attached hydrogen (secondary N) is 1. The second-order valence-corrected chi connectivity index (χ2v) is 4.99. The number of aromatic amines is 1. The molecular weight excluding hydrogens is 212 g/mol. The highest BCUT2D eigenvalue weighted by Crippen LogP contribution is 2.17. The molecule has 0 unspecified atom stereocenters. The minimum atomic E-state index is 0.505. The molecule has 0 bridgehead atoms. The lowest BCUT2D eigenvalue weighted by Gasteiger charge is -2.06. The Bertz CT molecular complexity index is 328. The van der Waals surface area contributed by atoms with Gasteiger partial charge in [-0.3, -0.25) is 4.79 Å². The van der Waals surface area contributed by atoms with Crippen LogP contribution in [0.4, 0.5) is 0 Å². The molecule has 94 valence electrons. The van der Waals surface area contributed by atoms with Crippen LogP contribution in [-0.2, 0) is 12.8 Å². The largest absolute Gasteiger partial charge is 0.339 e. The monoisotopic (exact) mass is 234 g/mol. The van der Waals surface area contributed by atoms with Gasteiger partial charge in [-0.05, 0) is 25.7 Å². The molecule has 1 aromatic rings. The quantitative estimate of drug-likeness (QED) is 0.756. The first-order valence-electron chi connectivity index (χ1n) is 6.93. The molecule has 2 rings (SSSR count). The average molecular weight is 234 g/mol. The van der Waals surface area contributed by atoms with Gasteiger partial charge in [0.15, 0.2) is 12.1 Å². The molecule has 0 spiro atoms. The number of aryl methyl sites for hydroxylation is 2. The summed E-state index contributed by atoms with van der Waals surface area (Å²) in [6.07, 6.45) is 13.4. The maximum Gasteiger partial charge on any atom is 0.185 e. The lowest BCUT2D eigenvalue weighted by atomic mass is 10.0. The van der Waals surface area contributed by atoms with Crippen molar-refractivity contribution < 1.29 is 4.79 Å². The highest BCUT2D eigenvalue weighted by molar-refractivity contribution is 5.69. The van der Waals surface area contributed by atoms with Crippen molar-refractivity contribution in [2.24, 2.45) is 0 Å². The van der Waals surface area contributed by atoms with E-state index in [0.717, 1.165) is 24.8 Å². The molecule has 3 nitrogen and oxygen atoms in total. The molecule has 0 radical (unpaired) electrons. The van der Waals surface area contributed by atoms with E-state index in [2.05, 4.69) is 9.97 Å². The third-order valence-electron chi connectivity index (χ3n) is 3.58. The average Bonchev–Trinajstić information content (AvgIpc) is 2.72. The second kappa shape index (κ2) is 6.58. The number of nitrogens with zero attached hydrogens (tertiary/aromatic N) is 1. The third-order valence-corrected chi connectivity index (χ3v) is 3.58. The Kier molecular flexibility index (Phi) is 4.77. The highest BCUT2D eigenvalue weighted by atomic mass is 16.1. The first-order chi connectivity index (χ1) is 8.40. The molecule has 1 aliphatic carbocycles. The SMILES string of the molecule is O=Cc1nc2c([nH]1)CCCCCCCCCC2. The number of H-pyrrole nitrogens is 1. The molecule has 3 heteroatoms. The van der Waals surface area contributed by atoms with Gasteiger partial charge in [0.1, 0.15) is 0 Å². The van der Waals surface area contributed by atoms with Crippen LogP contribution in [0.25, 0.3) is 0 Å². The van der Waals surface area contributed by atoms with Gasteiger partial charge in [-0.25, -0.2) is 4.98 Å². The fraction of sp³-hybridized carbons (Fsp3) is 0.714. The van der Waals surface area contributed by atoms with Crippen molar-refractivity contribution >= 4 is 6.29 Å². The summed E-state index contributed by atoms with van der Waals surface area (Å²) in [6, 6.07) is 0. The van der Waals surface area contributed by atoms with Gasteiger partial charge in [-0.1, -0.05) is 38.5 Å². The van der Waals surface area contributed by atoms with Crippen LogP contribution in [0.15, 0.2) is 0 Å². The van der Waals surface area contributed by atoms with E-state index in [9.17, 15) is 4.79 Å². The summed E-state index contributed by atoms with van der Waals surface area (Å²) in [5, 5.41) is 0. The fourth-order valence-corrected chi connectivity index (χ4v) is 2.59. The first-order valence-corrected chi connectivity index (χ1v) is 6.93. The van der Waals surface area contributed by atoms with Crippen molar-refractivity contribution in [2.75, 3.05) is 0 Å². The van der Waals surface area contributed by atoms with Gasteiger partial charge in [0, 0.05) is 5.69 Å². The van der Waals surface area contributed by atoms with Crippen molar-refractivity contribution in [1.29, 1.82) is 0 Å². The molecule has 1 aromatic heterocycles. The maximum atomic E-state index is 10.7. The van der Waals surface area contributed by atoms with E-state index in [4.69, 9.17) is 0 Å². The predicted molar refractivity (Wildman–Crippen MR) is 68.3 cm³/mol. The molecule has 0 aliphatic heterocycles. The Morgan fingerprint density at radius 3 is 2.12 bits per heavy atom. The van der Waals surface area contributed by atoms with Gasteiger partial charge >= 0.3 is 0 Å². The van der Waals surface area contributed by atoms with Crippen molar-refractivity contribution in [3.05, 3.63) is 17.2 Å². The Labute approximate surface area is 103 Å². The molecule has 1 aliphatic rings. The molecule has 0 fully saturated rings. The Morgan fingerprint density at radius 1 is 0.882 bits per heavy atom. The van der Waals surface area contributed by atoms with Gasteiger partial charge in [0.25, 0.3) is 0 Å². The van der Waals surface area contributed by atoms with Crippen molar-refractivity contribution in [3.8, 4) is 0 Å². The van der Waals surface area contributed by atoms with Crippen LogP contribution in [0.3, 0.4) is 0 Å². The zero-order chi connectivity index (χ0) is 11.9. The van der Waals surface area contributed by atoms with Crippen molar-refractivity contribution in [2.45, 2.75) is 64.2 Å². The maximum absolute atomic E-state index is 10.7. The highest BCUT2D eigenvalue weighted by Gasteiger charge is 2.10. The zero-order valence-corrected chi connectivity index (χ0v) is 10.5. The summed E-state index contributed by atoms with van der Waals surface area (Å²) in [4.78, 5) is 18.3. The van der Waals surface area contributed by atoms with E-state index in [0.29, 0.717) is 5.82 Å². The summed E-state index contributed by atoms with van der Waals surface area (Å²) < 4.78 is 0. The van der Waals surface area contributed by atoms with Gasteiger partial charge in [-0.2, -0.15) is 0 Å². The number of carbonyl (C=O) groups is 1. The lowest BCUT2D eigenvalue weighted by Crippen LogP contribution is -1.96. The van der Waals surface area contributed by atoms with E-state index in [1.165, 1.54) is 57.1 Å². The van der Waals surface area contributed by atoms with Crippen molar-refractivity contribution in [1.82, 2.24) is 9.97 Å². The second-order valence-electron chi connectivity index (χ2n) is 4.99. The number of hydrogen-bond donors (Lipinski definition) is 1. The molecule has 0 saturated heterocycles. The number of hydrogen-bond acceptors (Lipinski definition) is 2. The topological polar surface area (TPSA) is 45.8 Å². The molecule has 17 heavy (non-hydrogen) atoms. The van der Waals surface area contributed by atoms with E-state index in [-0.39, 0.29) is 0 Å². The Morgan fingerprint density at radius 2 is 1.47 bits per heavy atom. The van der Waals surface area contributed by atoms with Crippen LogP contribution >= 0.6 is 0 Å². The zero-order valence-electron chi connectivity index (χ0n) is 10.5. The Balaban J connectivity index is 2.03. The number of carbonyl (C=O) groups excluding carboxylic acids is 1. The normalized spacial score (nSPS) is 18.8. The van der Waals surface area contributed by atoms with Gasteiger partial charge in [0.2, 0.25) is 0 Å². The van der Waals surface area contributed by atoms with Crippen molar-refractivity contribution in [3.63, 3.8) is 0 Å². The number of fused-ring (bicyclic) bond motifs is 1. The van der Waals surface area contributed by atoms with E-state index in [1.807, 2.05) is 0 Å². The molecule has 0 saturated carbocycles. The first kappa shape index (κ1) is 12.3. The summed E-state index contributed by atoms with van der Waals surface area (Å²) in [5.74, 6) is 0.505. The van der Waals surface area contributed by atoms with Crippen LogP contribution in [0, 0.1) is 0 Å². The molecule has 1 N–H and O–H groups in total. The third kappa shape index (κ3) is 3.69. The van der Waals surface area contributed by atoms with Crippen LogP contribution in [-0.4, -0.2) is 16.3 Å². The number of rotatable bonds is 1. The van der Waals surface area contributed by atoms with E-state index >= 15 is 0 Å². The van der Waals surface area contributed by atoms with E-state index in [1.54, 1.807) is 0 Å². The van der Waals surface area contributed by atoms with E-state index < -0.39 is 0 Å². The van der Waals surface area contributed by atoms with Gasteiger partial charge in [0.05, 0.1) is 5.69 Å². The minimum absolute atomic E-state index is 0.505. The number of aromatic nitrogens is 2. The summed E-state index contributed by atoms with van der Waals surface area (Å²) in [6.45, 7) is 0. The summed E-state index contributed by atoms with van der Waals surface area (Å²) in [5.41, 5.74) is 2.33. The smallest absolute Gasteiger partial charge is 0.185 e. The summed E-state index contributed by atoms with van der Waals surface area (Å²) in [7, 11) is 0. The minimum Gasteiger partial charge on any atom is -0.339 e. The molecule has 0 amide bonds. The number of aldehydes is 1. The van der Waals surface area contributed by atoms with Gasteiger partial charge < -0.3 is 4.98 Å². The molecular formula is C14H22N2O. The van der Waals surface area contributed by atoms with Crippen LogP contribution < -0.4 is 0 Å². The summed E-state index contributed by atoms with van der Waals surface area (Å²) >= 11 is 0. The fourth-order valence-electron chi connectivity index (χ4n) is 2.59. The molecule has 0 atom stereocenters. The molecule has 1 heterocycles. The Hall–Kier alpha value is -1.12. The standard InChI is InChI=1S/C14H22N2O/c17-11-14-15-12-9-7-5-3-1-2-4-6-8-10-13(12)16-14/h11H,1-10H2,(H,15,16). The predicted octanol–water partition coefficient (Wildman–Crippen LogP) is 3.44. The number of imidazole rings is 1.